The second kappa shape index (κ2) is 6.41. The summed E-state index contributed by atoms with van der Waals surface area (Å²) in [5.41, 5.74) is 2.36. The minimum absolute atomic E-state index is 0.242. The molecule has 110 valence electrons. The lowest BCUT2D eigenvalue weighted by molar-refractivity contribution is 0.584. The first kappa shape index (κ1) is 15.7. The quantitative estimate of drug-likeness (QED) is 0.665. The first-order valence-electron chi connectivity index (χ1n) is 6.27. The minimum Gasteiger partial charge on any atom is -0.200 e. The zero-order chi connectivity index (χ0) is 15.5. The zero-order valence-electron chi connectivity index (χ0n) is 11.7. The van der Waals surface area contributed by atoms with Gasteiger partial charge in [-0.1, -0.05) is 46.3 Å². The van der Waals surface area contributed by atoms with E-state index < -0.39 is 10.0 Å². The summed E-state index contributed by atoms with van der Waals surface area (Å²) < 4.78 is 25.3. The largest absolute Gasteiger partial charge is 0.276 e. The molecule has 6 heteroatoms. The van der Waals surface area contributed by atoms with E-state index in [1.165, 1.54) is 6.21 Å². The van der Waals surface area contributed by atoms with Crippen molar-refractivity contribution >= 4 is 32.2 Å². The Morgan fingerprint density at radius 3 is 2.57 bits per heavy atom. The molecule has 0 amide bonds. The summed E-state index contributed by atoms with van der Waals surface area (Å²) in [5.74, 6) is 0. The minimum atomic E-state index is -3.66. The smallest absolute Gasteiger partial charge is 0.200 e. The molecule has 0 saturated carbocycles. The maximum atomic E-state index is 12.2. The number of aryl methyl sites for hydroxylation is 2. The van der Waals surface area contributed by atoms with E-state index in [1.54, 1.807) is 19.1 Å². The molecule has 4 nitrogen and oxygen atoms in total. The fourth-order valence-electron chi connectivity index (χ4n) is 1.79. The predicted octanol–water partition coefficient (Wildman–Crippen LogP) is 3.38. The molecule has 0 unspecified atom stereocenters. The maximum absolute atomic E-state index is 12.2. The Bertz CT molecular complexity index is 786. The Labute approximate surface area is 133 Å². The van der Waals surface area contributed by atoms with Crippen LogP contribution < -0.4 is 4.83 Å². The van der Waals surface area contributed by atoms with Crippen LogP contribution in [0.1, 0.15) is 16.7 Å². The van der Waals surface area contributed by atoms with E-state index in [0.717, 1.165) is 15.6 Å². The Morgan fingerprint density at radius 2 is 1.86 bits per heavy atom. The zero-order valence-corrected chi connectivity index (χ0v) is 14.1. The molecule has 0 aromatic heterocycles. The summed E-state index contributed by atoms with van der Waals surface area (Å²) in [4.78, 5) is 2.48. The number of nitrogens with one attached hydrogen (secondary N) is 1. The van der Waals surface area contributed by atoms with Crippen molar-refractivity contribution in [3.05, 3.63) is 63.6 Å². The van der Waals surface area contributed by atoms with E-state index in [-0.39, 0.29) is 4.90 Å². The molecule has 21 heavy (non-hydrogen) atoms. The molecule has 0 radical (unpaired) electrons. The molecular formula is C15H15BrN2O2S. The number of rotatable bonds is 4. The van der Waals surface area contributed by atoms with Crippen molar-refractivity contribution in [3.8, 4) is 0 Å². The van der Waals surface area contributed by atoms with E-state index in [9.17, 15) is 8.42 Å². The van der Waals surface area contributed by atoms with Gasteiger partial charge in [-0.15, -0.1) is 0 Å². The van der Waals surface area contributed by atoms with Crippen LogP contribution in [0.15, 0.2) is 56.9 Å². The van der Waals surface area contributed by atoms with Gasteiger partial charge in [0.05, 0.1) is 11.1 Å². The van der Waals surface area contributed by atoms with Gasteiger partial charge in [-0.2, -0.15) is 13.5 Å². The summed E-state index contributed by atoms with van der Waals surface area (Å²) in [6.45, 7) is 3.61. The van der Waals surface area contributed by atoms with E-state index in [0.29, 0.717) is 5.56 Å². The van der Waals surface area contributed by atoms with E-state index in [4.69, 9.17) is 0 Å². The summed E-state index contributed by atoms with van der Waals surface area (Å²) in [6, 6.07) is 12.7. The van der Waals surface area contributed by atoms with Gasteiger partial charge in [0.25, 0.3) is 10.0 Å². The molecule has 0 spiro atoms. The second-order valence-corrected chi connectivity index (χ2v) is 7.13. The van der Waals surface area contributed by atoms with Gasteiger partial charge in [-0.05, 0) is 37.1 Å². The fourth-order valence-corrected chi connectivity index (χ4v) is 3.30. The van der Waals surface area contributed by atoms with Crippen LogP contribution >= 0.6 is 15.9 Å². The maximum Gasteiger partial charge on any atom is 0.276 e. The van der Waals surface area contributed by atoms with Crippen LogP contribution in [0.2, 0.25) is 0 Å². The standard InChI is InChI=1S/C15H15BrN2O2S/c1-11-7-8-12(2)15(9-11)21(19,20)18-17-10-13-5-3-4-6-14(13)16/h3-10,18H,1-2H3/b17-10+. The van der Waals surface area contributed by atoms with Crippen molar-refractivity contribution in [2.24, 2.45) is 5.10 Å². The topological polar surface area (TPSA) is 58.5 Å². The van der Waals surface area contributed by atoms with Gasteiger partial charge in [-0.25, -0.2) is 4.83 Å². The van der Waals surface area contributed by atoms with E-state index in [1.807, 2.05) is 37.3 Å². The Hall–Kier alpha value is -1.66. The fraction of sp³-hybridized carbons (Fsp3) is 0.133. The lowest BCUT2D eigenvalue weighted by Gasteiger charge is -2.07. The number of sulfonamides is 1. The molecule has 0 bridgehead atoms. The molecule has 0 aliphatic heterocycles. The number of hydrogen-bond donors (Lipinski definition) is 1. The Balaban J connectivity index is 2.23. The number of benzene rings is 2. The molecule has 2 aromatic carbocycles. The molecule has 0 saturated heterocycles. The average molecular weight is 367 g/mol. The van der Waals surface area contributed by atoms with Crippen LogP contribution in [0.25, 0.3) is 0 Å². The molecule has 2 rings (SSSR count). The molecule has 0 aliphatic rings. The van der Waals surface area contributed by atoms with Crippen molar-refractivity contribution in [2.45, 2.75) is 18.7 Å². The average Bonchev–Trinajstić information content (AvgIpc) is 2.43. The number of hydrazone groups is 1. The lowest BCUT2D eigenvalue weighted by Crippen LogP contribution is -2.19. The first-order valence-corrected chi connectivity index (χ1v) is 8.54. The molecular weight excluding hydrogens is 352 g/mol. The van der Waals surface area contributed by atoms with Gasteiger partial charge in [0, 0.05) is 10.0 Å². The van der Waals surface area contributed by atoms with Crippen molar-refractivity contribution in [3.63, 3.8) is 0 Å². The third-order valence-electron chi connectivity index (χ3n) is 2.91. The van der Waals surface area contributed by atoms with Crippen LogP contribution in [-0.4, -0.2) is 14.6 Å². The first-order chi connectivity index (χ1) is 9.90. The van der Waals surface area contributed by atoms with Crippen LogP contribution in [0.4, 0.5) is 0 Å². The number of halogens is 1. The Morgan fingerprint density at radius 1 is 1.14 bits per heavy atom. The van der Waals surface area contributed by atoms with E-state index >= 15 is 0 Å². The molecule has 0 atom stereocenters. The number of hydrogen-bond acceptors (Lipinski definition) is 3. The van der Waals surface area contributed by atoms with Crippen molar-refractivity contribution in [1.82, 2.24) is 4.83 Å². The third-order valence-corrected chi connectivity index (χ3v) is 5.00. The van der Waals surface area contributed by atoms with E-state index in [2.05, 4.69) is 25.9 Å². The SMILES string of the molecule is Cc1ccc(C)c(S(=O)(=O)N/N=C/c2ccccc2Br)c1. The highest BCUT2D eigenvalue weighted by Crippen LogP contribution is 2.17. The summed E-state index contributed by atoms with van der Waals surface area (Å²) in [6.07, 6.45) is 1.47. The van der Waals surface area contributed by atoms with Crippen molar-refractivity contribution in [2.75, 3.05) is 0 Å². The van der Waals surface area contributed by atoms with Gasteiger partial charge >= 0.3 is 0 Å². The van der Waals surface area contributed by atoms with Crippen LogP contribution in [-0.2, 0) is 10.0 Å². The second-order valence-electron chi connectivity index (χ2n) is 4.64. The van der Waals surface area contributed by atoms with Gasteiger partial charge in [0.2, 0.25) is 0 Å². The van der Waals surface area contributed by atoms with Crippen molar-refractivity contribution in [1.29, 1.82) is 0 Å². The molecule has 0 fully saturated rings. The van der Waals surface area contributed by atoms with Gasteiger partial charge in [-0.3, -0.25) is 0 Å². The lowest BCUT2D eigenvalue weighted by atomic mass is 10.2. The van der Waals surface area contributed by atoms with Gasteiger partial charge < -0.3 is 0 Å². The van der Waals surface area contributed by atoms with Gasteiger partial charge in [0.1, 0.15) is 0 Å². The number of nitrogens with zero attached hydrogens (tertiary/aromatic N) is 1. The third kappa shape index (κ3) is 3.92. The molecule has 0 heterocycles. The summed E-state index contributed by atoms with van der Waals surface area (Å²) in [5, 5.41) is 3.83. The van der Waals surface area contributed by atoms with Crippen LogP contribution in [0.3, 0.4) is 0 Å². The molecule has 0 aliphatic carbocycles. The highest BCUT2D eigenvalue weighted by molar-refractivity contribution is 9.10. The normalized spacial score (nSPS) is 11.8. The van der Waals surface area contributed by atoms with Crippen LogP contribution in [0.5, 0.6) is 0 Å². The van der Waals surface area contributed by atoms with Crippen LogP contribution in [0, 0.1) is 13.8 Å². The Kier molecular flexibility index (Phi) is 4.80. The van der Waals surface area contributed by atoms with Gasteiger partial charge in [0.15, 0.2) is 0 Å². The van der Waals surface area contributed by atoms with Crippen molar-refractivity contribution < 1.29 is 8.42 Å². The predicted molar refractivity (Wildman–Crippen MR) is 88.0 cm³/mol. The molecule has 2 aromatic rings. The summed E-state index contributed by atoms with van der Waals surface area (Å²) >= 11 is 3.37. The molecule has 1 N–H and O–H groups in total. The highest BCUT2D eigenvalue weighted by Gasteiger charge is 2.15. The highest BCUT2D eigenvalue weighted by atomic mass is 79.9. The summed E-state index contributed by atoms with van der Waals surface area (Å²) in [7, 11) is -3.66. The monoisotopic (exact) mass is 366 g/mol.